The van der Waals surface area contributed by atoms with Gasteiger partial charge in [-0.15, -0.1) is 0 Å². The topological polar surface area (TPSA) is 92.5 Å². The van der Waals surface area contributed by atoms with Crippen molar-refractivity contribution in [2.75, 3.05) is 6.54 Å². The van der Waals surface area contributed by atoms with Crippen LogP contribution in [0.25, 0.3) is 0 Å². The molecular weight excluding hydrogens is 168 g/mol. The van der Waals surface area contributed by atoms with Crippen LogP contribution in [-0.4, -0.2) is 34.5 Å². The zero-order valence-electron chi connectivity index (χ0n) is 8.53. The lowest BCUT2D eigenvalue weighted by Crippen LogP contribution is -2.46. The van der Waals surface area contributed by atoms with Crippen LogP contribution in [0.1, 0.15) is 33.1 Å². The van der Waals surface area contributed by atoms with Gasteiger partial charge < -0.3 is 21.7 Å². The van der Waals surface area contributed by atoms with E-state index in [9.17, 15) is 10.2 Å². The summed E-state index contributed by atoms with van der Waals surface area (Å²) >= 11 is 0. The van der Waals surface area contributed by atoms with Crippen molar-refractivity contribution < 1.29 is 10.2 Å². The van der Waals surface area contributed by atoms with Crippen molar-refractivity contribution in [3.05, 3.63) is 0 Å². The molecule has 6 N–H and O–H groups in total. The first-order valence-corrected chi connectivity index (χ1v) is 4.75. The van der Waals surface area contributed by atoms with Crippen LogP contribution in [0, 0.1) is 0 Å². The molecule has 0 spiro atoms. The van der Waals surface area contributed by atoms with Crippen molar-refractivity contribution in [1.82, 2.24) is 0 Å². The Bertz CT molecular complexity index is 128. The molecule has 0 radical (unpaired) electrons. The van der Waals surface area contributed by atoms with E-state index in [0.29, 0.717) is 25.8 Å². The summed E-state index contributed by atoms with van der Waals surface area (Å²) in [7, 11) is 0. The minimum atomic E-state index is -0.531. The molecule has 0 amide bonds. The van der Waals surface area contributed by atoms with E-state index < -0.39 is 17.7 Å². The standard InChI is InChI=1S/C9H22N2O2/c1-7(12)5-9(11,3-4-10)6-8(2)13/h7-8,12-13H,3-6,10-11H2,1-2H3. The Morgan fingerprint density at radius 1 is 1.15 bits per heavy atom. The second-order valence-electron chi connectivity index (χ2n) is 4.01. The van der Waals surface area contributed by atoms with E-state index >= 15 is 0 Å². The lowest BCUT2D eigenvalue weighted by molar-refractivity contribution is 0.101. The summed E-state index contributed by atoms with van der Waals surface area (Å²) in [6.45, 7) is 3.87. The fourth-order valence-electron chi connectivity index (χ4n) is 1.75. The van der Waals surface area contributed by atoms with Crippen LogP contribution in [-0.2, 0) is 0 Å². The summed E-state index contributed by atoms with van der Waals surface area (Å²) in [5.41, 5.74) is 10.9. The molecule has 4 nitrogen and oxygen atoms in total. The Kier molecular flexibility index (Phi) is 5.48. The molecule has 80 valence electrons. The van der Waals surface area contributed by atoms with Crippen LogP contribution < -0.4 is 11.5 Å². The molecule has 0 aromatic carbocycles. The van der Waals surface area contributed by atoms with Crippen molar-refractivity contribution in [3.63, 3.8) is 0 Å². The molecule has 13 heavy (non-hydrogen) atoms. The molecule has 0 bridgehead atoms. The van der Waals surface area contributed by atoms with Gasteiger partial charge in [0, 0.05) is 5.54 Å². The first-order chi connectivity index (χ1) is 5.89. The van der Waals surface area contributed by atoms with Gasteiger partial charge in [0.15, 0.2) is 0 Å². The van der Waals surface area contributed by atoms with Crippen LogP contribution in [0.2, 0.25) is 0 Å². The molecule has 0 aliphatic carbocycles. The van der Waals surface area contributed by atoms with Gasteiger partial charge in [-0.3, -0.25) is 0 Å². The maximum absolute atomic E-state index is 9.23. The minimum absolute atomic E-state index is 0.449. The number of rotatable bonds is 6. The smallest absolute Gasteiger partial charge is 0.0529 e. The quantitative estimate of drug-likeness (QED) is 0.457. The molecule has 0 aliphatic rings. The minimum Gasteiger partial charge on any atom is -0.393 e. The van der Waals surface area contributed by atoms with Crippen molar-refractivity contribution in [3.8, 4) is 0 Å². The fraction of sp³-hybridized carbons (Fsp3) is 1.00. The van der Waals surface area contributed by atoms with E-state index in [1.807, 2.05) is 0 Å². The van der Waals surface area contributed by atoms with Gasteiger partial charge >= 0.3 is 0 Å². The van der Waals surface area contributed by atoms with Crippen LogP contribution in [0.5, 0.6) is 0 Å². The summed E-state index contributed by atoms with van der Waals surface area (Å²) < 4.78 is 0. The first kappa shape index (κ1) is 12.8. The van der Waals surface area contributed by atoms with Gasteiger partial charge in [-0.25, -0.2) is 0 Å². The van der Waals surface area contributed by atoms with Gasteiger partial charge in [0.2, 0.25) is 0 Å². The molecule has 0 aromatic heterocycles. The normalized spacial score (nSPS) is 20.8. The van der Waals surface area contributed by atoms with Crippen molar-refractivity contribution in [2.24, 2.45) is 11.5 Å². The lowest BCUT2D eigenvalue weighted by atomic mass is 9.85. The molecule has 0 aromatic rings. The third-order valence-corrected chi connectivity index (χ3v) is 2.05. The Labute approximate surface area is 79.9 Å². The molecule has 0 aliphatic heterocycles. The van der Waals surface area contributed by atoms with Crippen LogP contribution in [0.15, 0.2) is 0 Å². The molecule has 4 heteroatoms. The van der Waals surface area contributed by atoms with Crippen molar-refractivity contribution in [2.45, 2.75) is 50.9 Å². The van der Waals surface area contributed by atoms with Crippen molar-refractivity contribution in [1.29, 1.82) is 0 Å². The van der Waals surface area contributed by atoms with E-state index in [-0.39, 0.29) is 0 Å². The van der Waals surface area contributed by atoms with Crippen LogP contribution in [0.4, 0.5) is 0 Å². The van der Waals surface area contributed by atoms with E-state index in [2.05, 4.69) is 0 Å². The largest absolute Gasteiger partial charge is 0.393 e. The Morgan fingerprint density at radius 2 is 1.54 bits per heavy atom. The monoisotopic (exact) mass is 190 g/mol. The highest BCUT2D eigenvalue weighted by Gasteiger charge is 2.27. The average Bonchev–Trinajstić information content (AvgIpc) is 1.81. The van der Waals surface area contributed by atoms with Gasteiger partial charge in [0.1, 0.15) is 0 Å². The van der Waals surface area contributed by atoms with E-state index in [1.54, 1.807) is 13.8 Å². The molecular formula is C9H22N2O2. The van der Waals surface area contributed by atoms with Gasteiger partial charge in [0.25, 0.3) is 0 Å². The Morgan fingerprint density at radius 3 is 1.77 bits per heavy atom. The van der Waals surface area contributed by atoms with Crippen LogP contribution >= 0.6 is 0 Å². The second kappa shape index (κ2) is 5.54. The van der Waals surface area contributed by atoms with Gasteiger partial charge in [-0.05, 0) is 39.7 Å². The molecule has 2 atom stereocenters. The summed E-state index contributed by atoms with van der Waals surface area (Å²) in [4.78, 5) is 0. The highest BCUT2D eigenvalue weighted by molar-refractivity contribution is 4.87. The van der Waals surface area contributed by atoms with Gasteiger partial charge in [-0.1, -0.05) is 0 Å². The zero-order valence-corrected chi connectivity index (χ0v) is 8.53. The summed E-state index contributed by atoms with van der Waals surface area (Å²) in [5, 5.41) is 18.5. The average molecular weight is 190 g/mol. The first-order valence-electron chi connectivity index (χ1n) is 4.75. The highest BCUT2D eigenvalue weighted by Crippen LogP contribution is 2.20. The van der Waals surface area contributed by atoms with Gasteiger partial charge in [-0.2, -0.15) is 0 Å². The maximum Gasteiger partial charge on any atom is 0.0529 e. The predicted octanol–water partition coefficient (Wildman–Crippen LogP) is -0.425. The molecule has 0 saturated heterocycles. The highest BCUT2D eigenvalue weighted by atomic mass is 16.3. The van der Waals surface area contributed by atoms with E-state index in [4.69, 9.17) is 11.5 Å². The third kappa shape index (κ3) is 5.99. The third-order valence-electron chi connectivity index (χ3n) is 2.05. The second-order valence-corrected chi connectivity index (χ2v) is 4.01. The lowest BCUT2D eigenvalue weighted by Gasteiger charge is -2.31. The number of aliphatic hydroxyl groups is 2. The number of hydrogen-bond donors (Lipinski definition) is 4. The number of nitrogens with two attached hydrogens (primary N) is 2. The molecule has 2 unspecified atom stereocenters. The van der Waals surface area contributed by atoms with E-state index in [1.165, 1.54) is 0 Å². The molecule has 0 heterocycles. The molecule has 0 saturated carbocycles. The molecule has 0 rings (SSSR count). The summed E-state index contributed by atoms with van der Waals surface area (Å²) in [5.74, 6) is 0. The van der Waals surface area contributed by atoms with Crippen LogP contribution in [0.3, 0.4) is 0 Å². The number of aliphatic hydroxyl groups excluding tert-OH is 2. The van der Waals surface area contributed by atoms with Gasteiger partial charge in [0.05, 0.1) is 12.2 Å². The zero-order chi connectivity index (χ0) is 10.5. The van der Waals surface area contributed by atoms with Crippen molar-refractivity contribution >= 4 is 0 Å². The molecule has 0 fully saturated rings. The summed E-state index contributed by atoms with van der Waals surface area (Å²) in [6.07, 6.45) is 0.693. The number of hydrogen-bond acceptors (Lipinski definition) is 4. The van der Waals surface area contributed by atoms with E-state index in [0.717, 1.165) is 0 Å². The fourth-order valence-corrected chi connectivity index (χ4v) is 1.75. The SMILES string of the molecule is CC(O)CC(N)(CCN)CC(C)O. The Balaban J connectivity index is 4.15. The maximum atomic E-state index is 9.23. The summed E-state index contributed by atoms with van der Waals surface area (Å²) in [6, 6.07) is 0. The predicted molar refractivity (Wildman–Crippen MR) is 53.2 cm³/mol. The Hall–Kier alpha value is -0.160.